The Morgan fingerprint density at radius 1 is 1.13 bits per heavy atom. The molecule has 1 unspecified atom stereocenters. The lowest BCUT2D eigenvalue weighted by Crippen LogP contribution is -2.39. The van der Waals surface area contributed by atoms with Gasteiger partial charge in [-0.1, -0.05) is 26.0 Å². The van der Waals surface area contributed by atoms with Crippen molar-refractivity contribution in [3.63, 3.8) is 0 Å². The Labute approximate surface area is 143 Å². The maximum Gasteiger partial charge on any atom is 0.324 e. The van der Waals surface area contributed by atoms with Crippen LogP contribution in [-0.4, -0.2) is 22.2 Å². The fraction of sp³-hybridized carbons (Fsp3) is 0.312. The molecular formula is C16H19BrN4O2. The van der Waals surface area contributed by atoms with Crippen molar-refractivity contribution in [2.24, 2.45) is 0 Å². The summed E-state index contributed by atoms with van der Waals surface area (Å²) in [7, 11) is 0. The number of rotatable bonds is 5. The van der Waals surface area contributed by atoms with Crippen LogP contribution in [0.3, 0.4) is 0 Å². The first-order valence-electron chi connectivity index (χ1n) is 7.25. The fourth-order valence-electron chi connectivity index (χ4n) is 1.86. The van der Waals surface area contributed by atoms with Gasteiger partial charge in [-0.25, -0.2) is 14.8 Å². The van der Waals surface area contributed by atoms with E-state index >= 15 is 0 Å². The molecule has 0 fully saturated rings. The molecule has 0 aliphatic carbocycles. The zero-order valence-electron chi connectivity index (χ0n) is 13.2. The van der Waals surface area contributed by atoms with Crippen LogP contribution in [0.5, 0.6) is 5.75 Å². The molecule has 0 aliphatic rings. The summed E-state index contributed by atoms with van der Waals surface area (Å²) < 4.78 is 6.40. The molecule has 0 radical (unpaired) electrons. The van der Waals surface area contributed by atoms with Crippen LogP contribution in [0.4, 0.5) is 10.7 Å². The number of halogens is 1. The summed E-state index contributed by atoms with van der Waals surface area (Å²) in [5, 5.41) is 5.20. The van der Waals surface area contributed by atoms with Gasteiger partial charge in [0.2, 0.25) is 5.95 Å². The summed E-state index contributed by atoms with van der Waals surface area (Å²) in [4.78, 5) is 19.8. The molecule has 2 N–H and O–H groups in total. The molecule has 6 nitrogen and oxygen atoms in total. The van der Waals surface area contributed by atoms with Crippen molar-refractivity contribution in [3.05, 3.63) is 46.7 Å². The second-order valence-corrected chi connectivity index (χ2v) is 6.22. The van der Waals surface area contributed by atoms with Gasteiger partial charge in [0, 0.05) is 12.4 Å². The Balaban J connectivity index is 1.84. The molecule has 1 atom stereocenters. The van der Waals surface area contributed by atoms with Gasteiger partial charge in [0.1, 0.15) is 5.75 Å². The van der Waals surface area contributed by atoms with Gasteiger partial charge in [-0.15, -0.1) is 0 Å². The molecule has 0 aliphatic heterocycles. The van der Waals surface area contributed by atoms with Crippen molar-refractivity contribution >= 4 is 27.9 Å². The van der Waals surface area contributed by atoms with E-state index in [0.29, 0.717) is 11.7 Å². The van der Waals surface area contributed by atoms with Gasteiger partial charge >= 0.3 is 6.03 Å². The Bertz CT molecular complexity index is 644. The molecule has 2 amide bonds. The number of aromatic nitrogens is 2. The normalized spacial score (nSPS) is 11.9. The average Bonchev–Trinajstić information content (AvgIpc) is 2.50. The van der Waals surface area contributed by atoms with Crippen molar-refractivity contribution in [3.8, 4) is 5.75 Å². The number of anilines is 1. The predicted molar refractivity (Wildman–Crippen MR) is 92.5 cm³/mol. The largest absolute Gasteiger partial charge is 0.471 e. The molecular weight excluding hydrogens is 360 g/mol. The van der Waals surface area contributed by atoms with Gasteiger partial charge in [-0.05, 0) is 46.5 Å². The molecule has 2 aromatic rings. The SMILES string of the molecule is CC(NC(=O)Nc1ncc(Br)cn1)Oc1ccc(C(C)C)cc1. The Kier molecular flexibility index (Phi) is 5.92. The molecule has 0 bridgehead atoms. The lowest BCUT2D eigenvalue weighted by Gasteiger charge is -2.17. The van der Waals surface area contributed by atoms with E-state index in [0.717, 1.165) is 4.47 Å². The smallest absolute Gasteiger partial charge is 0.324 e. The molecule has 23 heavy (non-hydrogen) atoms. The Morgan fingerprint density at radius 2 is 1.74 bits per heavy atom. The minimum Gasteiger partial charge on any atom is -0.471 e. The molecule has 122 valence electrons. The van der Waals surface area contributed by atoms with Gasteiger partial charge in [-0.3, -0.25) is 5.32 Å². The van der Waals surface area contributed by atoms with Crippen LogP contribution in [0.15, 0.2) is 41.1 Å². The van der Waals surface area contributed by atoms with Crippen molar-refractivity contribution in [1.29, 1.82) is 0 Å². The predicted octanol–water partition coefficient (Wildman–Crippen LogP) is 3.91. The van der Waals surface area contributed by atoms with E-state index in [1.807, 2.05) is 24.3 Å². The second kappa shape index (κ2) is 7.92. The van der Waals surface area contributed by atoms with E-state index in [4.69, 9.17) is 4.74 Å². The van der Waals surface area contributed by atoms with Gasteiger partial charge < -0.3 is 10.1 Å². The number of ether oxygens (including phenoxy) is 1. The third-order valence-electron chi connectivity index (χ3n) is 3.04. The monoisotopic (exact) mass is 378 g/mol. The summed E-state index contributed by atoms with van der Waals surface area (Å²) in [6, 6.07) is 7.39. The number of urea groups is 1. The zero-order valence-corrected chi connectivity index (χ0v) is 14.8. The van der Waals surface area contributed by atoms with Crippen molar-refractivity contribution in [2.75, 3.05) is 5.32 Å². The third kappa shape index (κ3) is 5.52. The molecule has 1 heterocycles. The van der Waals surface area contributed by atoms with Crippen LogP contribution in [0.1, 0.15) is 32.3 Å². The van der Waals surface area contributed by atoms with E-state index in [9.17, 15) is 4.79 Å². The highest BCUT2D eigenvalue weighted by Gasteiger charge is 2.10. The van der Waals surface area contributed by atoms with E-state index in [1.165, 1.54) is 5.56 Å². The second-order valence-electron chi connectivity index (χ2n) is 5.31. The number of benzene rings is 1. The van der Waals surface area contributed by atoms with Gasteiger partial charge in [0.15, 0.2) is 6.23 Å². The summed E-state index contributed by atoms with van der Waals surface area (Å²) in [5.41, 5.74) is 1.24. The van der Waals surface area contributed by atoms with E-state index in [-0.39, 0.29) is 5.95 Å². The van der Waals surface area contributed by atoms with E-state index in [1.54, 1.807) is 19.3 Å². The van der Waals surface area contributed by atoms with Gasteiger partial charge in [-0.2, -0.15) is 0 Å². The fourth-order valence-corrected chi connectivity index (χ4v) is 2.07. The highest BCUT2D eigenvalue weighted by atomic mass is 79.9. The lowest BCUT2D eigenvalue weighted by molar-refractivity contribution is 0.183. The molecule has 0 saturated heterocycles. The molecule has 1 aromatic heterocycles. The summed E-state index contributed by atoms with van der Waals surface area (Å²) in [5.74, 6) is 1.39. The Hall–Kier alpha value is -2.15. The van der Waals surface area contributed by atoms with Crippen molar-refractivity contribution in [2.45, 2.75) is 32.9 Å². The maximum absolute atomic E-state index is 11.8. The number of hydrogen-bond acceptors (Lipinski definition) is 4. The first-order chi connectivity index (χ1) is 10.9. The van der Waals surface area contributed by atoms with Gasteiger partial charge in [0.05, 0.1) is 4.47 Å². The standard InChI is InChI=1S/C16H19BrN4O2/c1-10(2)12-4-6-14(7-5-12)23-11(3)20-16(22)21-15-18-8-13(17)9-19-15/h4-11H,1-3H3,(H2,18,19,20,21,22). The number of carbonyl (C=O) groups excluding carboxylic acids is 1. The lowest BCUT2D eigenvalue weighted by atomic mass is 10.0. The number of amides is 2. The average molecular weight is 379 g/mol. The first-order valence-corrected chi connectivity index (χ1v) is 8.05. The van der Waals surface area contributed by atoms with Crippen molar-refractivity contribution < 1.29 is 9.53 Å². The highest BCUT2D eigenvalue weighted by molar-refractivity contribution is 9.10. The third-order valence-corrected chi connectivity index (χ3v) is 3.45. The number of hydrogen-bond donors (Lipinski definition) is 2. The topological polar surface area (TPSA) is 76.1 Å². The van der Waals surface area contributed by atoms with E-state index in [2.05, 4.69) is 50.4 Å². The van der Waals surface area contributed by atoms with Gasteiger partial charge in [0.25, 0.3) is 0 Å². The zero-order chi connectivity index (χ0) is 16.8. The van der Waals surface area contributed by atoms with Crippen LogP contribution in [0.2, 0.25) is 0 Å². The number of nitrogens with zero attached hydrogens (tertiary/aromatic N) is 2. The Morgan fingerprint density at radius 3 is 2.30 bits per heavy atom. The number of nitrogens with one attached hydrogen (secondary N) is 2. The quantitative estimate of drug-likeness (QED) is 0.773. The summed E-state index contributed by atoms with van der Waals surface area (Å²) in [6.07, 6.45) is 2.62. The van der Waals surface area contributed by atoms with Crippen molar-refractivity contribution in [1.82, 2.24) is 15.3 Å². The van der Waals surface area contributed by atoms with Crippen LogP contribution in [-0.2, 0) is 0 Å². The van der Waals surface area contributed by atoms with E-state index < -0.39 is 12.3 Å². The molecule has 2 rings (SSSR count). The molecule has 0 spiro atoms. The maximum atomic E-state index is 11.8. The van der Waals surface area contributed by atoms with Crippen LogP contribution in [0.25, 0.3) is 0 Å². The summed E-state index contributed by atoms with van der Waals surface area (Å²) >= 11 is 3.23. The van der Waals surface area contributed by atoms with Crippen LogP contribution in [0, 0.1) is 0 Å². The first kappa shape index (κ1) is 17.2. The molecule has 1 aromatic carbocycles. The number of carbonyl (C=O) groups is 1. The molecule has 7 heteroatoms. The highest BCUT2D eigenvalue weighted by Crippen LogP contribution is 2.19. The van der Waals surface area contributed by atoms with Crippen LogP contribution >= 0.6 is 15.9 Å². The minimum absolute atomic E-state index is 0.221. The molecule has 0 saturated carbocycles. The van der Waals surface area contributed by atoms with Crippen LogP contribution < -0.4 is 15.4 Å². The summed E-state index contributed by atoms with van der Waals surface area (Å²) in [6.45, 7) is 6.02. The minimum atomic E-state index is -0.490.